The smallest absolute Gasteiger partial charge is 0.135 e. The summed E-state index contributed by atoms with van der Waals surface area (Å²) in [7, 11) is 0. The average molecular weight is 311 g/mol. The van der Waals surface area contributed by atoms with Crippen LogP contribution in [0.1, 0.15) is 0 Å². The van der Waals surface area contributed by atoms with Crippen LogP contribution >= 0.6 is 0 Å². The fourth-order valence-electron chi connectivity index (χ4n) is 2.73. The number of aromatic nitrogens is 2. The maximum Gasteiger partial charge on any atom is 0.135 e. The Balaban J connectivity index is 2.08. The van der Waals surface area contributed by atoms with Crippen LogP contribution in [0.2, 0.25) is 0 Å². The minimum absolute atomic E-state index is 0.303. The van der Waals surface area contributed by atoms with Gasteiger partial charge in [0.25, 0.3) is 0 Å². The summed E-state index contributed by atoms with van der Waals surface area (Å²) >= 11 is 0. The highest BCUT2D eigenvalue weighted by Crippen LogP contribution is 2.33. The first-order valence-corrected chi connectivity index (χ1v) is 7.62. The molecule has 1 aromatic heterocycles. The highest BCUT2D eigenvalue weighted by atomic mass is 16.3. The Labute approximate surface area is 138 Å². The molecule has 0 fully saturated rings. The summed E-state index contributed by atoms with van der Waals surface area (Å²) in [5.74, 6) is 0. The minimum Gasteiger partial charge on any atom is -0.244 e. The van der Waals surface area contributed by atoms with Gasteiger partial charge in [0, 0.05) is 11.1 Å². The fourth-order valence-corrected chi connectivity index (χ4v) is 2.73. The van der Waals surface area contributed by atoms with E-state index in [1.165, 1.54) is 0 Å². The molecule has 0 unspecified atom stereocenters. The van der Waals surface area contributed by atoms with Crippen LogP contribution in [0.5, 0.6) is 0 Å². The molecule has 24 heavy (non-hydrogen) atoms. The van der Waals surface area contributed by atoms with E-state index in [2.05, 4.69) is 5.18 Å². The van der Waals surface area contributed by atoms with Gasteiger partial charge in [-0.1, -0.05) is 66.7 Å². The molecule has 4 nitrogen and oxygen atoms in total. The van der Waals surface area contributed by atoms with E-state index in [1.54, 1.807) is 12.1 Å². The second kappa shape index (κ2) is 6.01. The lowest BCUT2D eigenvalue weighted by Crippen LogP contribution is -1.95. The number of hydrogen-bond acceptors (Lipinski definition) is 4. The van der Waals surface area contributed by atoms with Crippen molar-refractivity contribution in [2.45, 2.75) is 0 Å². The van der Waals surface area contributed by atoms with Crippen molar-refractivity contribution in [3.8, 4) is 22.5 Å². The van der Waals surface area contributed by atoms with Gasteiger partial charge >= 0.3 is 0 Å². The van der Waals surface area contributed by atoms with Gasteiger partial charge in [0.1, 0.15) is 11.2 Å². The van der Waals surface area contributed by atoms with Crippen LogP contribution in [0.3, 0.4) is 0 Å². The molecule has 4 aromatic rings. The van der Waals surface area contributed by atoms with Gasteiger partial charge in [-0.15, -0.1) is 4.91 Å². The maximum absolute atomic E-state index is 11.1. The third kappa shape index (κ3) is 2.44. The molecule has 3 aromatic carbocycles. The molecular weight excluding hydrogens is 298 g/mol. The normalized spacial score (nSPS) is 10.7. The van der Waals surface area contributed by atoms with Crippen molar-refractivity contribution in [1.82, 2.24) is 9.97 Å². The monoisotopic (exact) mass is 311 g/mol. The lowest BCUT2D eigenvalue weighted by molar-refractivity contribution is 1.28. The van der Waals surface area contributed by atoms with Gasteiger partial charge < -0.3 is 0 Å². The van der Waals surface area contributed by atoms with E-state index in [0.29, 0.717) is 16.7 Å². The molecule has 1 heterocycles. The van der Waals surface area contributed by atoms with Crippen molar-refractivity contribution in [1.29, 1.82) is 0 Å². The topological polar surface area (TPSA) is 55.2 Å². The molecule has 4 rings (SSSR count). The summed E-state index contributed by atoms with van der Waals surface area (Å²) in [4.78, 5) is 20.6. The van der Waals surface area contributed by atoms with Gasteiger partial charge in [-0.25, -0.2) is 9.97 Å². The first kappa shape index (κ1) is 14.2. The van der Waals surface area contributed by atoms with Crippen LogP contribution < -0.4 is 0 Å². The fraction of sp³-hybridized carbons (Fsp3) is 0. The van der Waals surface area contributed by atoms with Crippen molar-refractivity contribution in [3.63, 3.8) is 0 Å². The molecule has 0 radical (unpaired) electrons. The lowest BCUT2D eigenvalue weighted by Gasteiger charge is -2.11. The third-order valence-corrected chi connectivity index (χ3v) is 3.87. The van der Waals surface area contributed by atoms with E-state index in [1.807, 2.05) is 66.7 Å². The highest BCUT2D eigenvalue weighted by Gasteiger charge is 2.14. The SMILES string of the molecule is O=Nc1cccc2nc(-c3ccccc3)c(-c3ccccc3)nc12. The van der Waals surface area contributed by atoms with Crippen LogP contribution in [-0.2, 0) is 0 Å². The second-order valence-electron chi connectivity index (χ2n) is 5.39. The van der Waals surface area contributed by atoms with Gasteiger partial charge in [-0.3, -0.25) is 0 Å². The Morgan fingerprint density at radius 2 is 1.21 bits per heavy atom. The largest absolute Gasteiger partial charge is 0.244 e. The molecule has 4 heteroatoms. The first-order chi connectivity index (χ1) is 11.9. The number of para-hydroxylation sites is 1. The molecule has 0 aliphatic heterocycles. The standard InChI is InChI=1S/C20H13N3O/c24-23-17-13-7-12-16-20(17)22-19(15-10-5-2-6-11-15)18(21-16)14-8-3-1-4-9-14/h1-13H. The molecule has 0 saturated carbocycles. The molecule has 0 spiro atoms. The van der Waals surface area contributed by atoms with Gasteiger partial charge in [0.2, 0.25) is 0 Å². The summed E-state index contributed by atoms with van der Waals surface area (Å²) in [5, 5.41) is 3.08. The highest BCUT2D eigenvalue weighted by molar-refractivity contribution is 5.91. The second-order valence-corrected chi connectivity index (χ2v) is 5.39. The van der Waals surface area contributed by atoms with Gasteiger partial charge in [0.15, 0.2) is 0 Å². The summed E-state index contributed by atoms with van der Waals surface area (Å²) in [6.07, 6.45) is 0. The van der Waals surface area contributed by atoms with Crippen molar-refractivity contribution >= 4 is 16.7 Å². The zero-order valence-corrected chi connectivity index (χ0v) is 12.8. The van der Waals surface area contributed by atoms with Crippen LogP contribution in [0.25, 0.3) is 33.5 Å². The van der Waals surface area contributed by atoms with E-state index in [-0.39, 0.29) is 0 Å². The number of nitrogens with zero attached hydrogens (tertiary/aromatic N) is 3. The van der Waals surface area contributed by atoms with Crippen LogP contribution in [0.4, 0.5) is 5.69 Å². The summed E-state index contributed by atoms with van der Waals surface area (Å²) in [6, 6.07) is 25.0. The van der Waals surface area contributed by atoms with E-state index >= 15 is 0 Å². The molecule has 0 aliphatic rings. The molecular formula is C20H13N3O. The quantitative estimate of drug-likeness (QED) is 0.478. The van der Waals surface area contributed by atoms with Gasteiger partial charge in [0.05, 0.1) is 16.9 Å². The Hall–Kier alpha value is -3.40. The van der Waals surface area contributed by atoms with Crippen LogP contribution in [0.15, 0.2) is 84.0 Å². The maximum atomic E-state index is 11.1. The number of hydrogen-bond donors (Lipinski definition) is 0. The third-order valence-electron chi connectivity index (χ3n) is 3.87. The number of benzene rings is 3. The van der Waals surface area contributed by atoms with Crippen molar-refractivity contribution in [2.24, 2.45) is 5.18 Å². The molecule has 0 saturated heterocycles. The molecule has 0 bridgehead atoms. The Morgan fingerprint density at radius 1 is 0.625 bits per heavy atom. The van der Waals surface area contributed by atoms with Crippen molar-refractivity contribution in [2.75, 3.05) is 0 Å². The number of nitroso groups, excluding NO2 is 1. The zero-order chi connectivity index (χ0) is 16.4. The van der Waals surface area contributed by atoms with Crippen LogP contribution in [0, 0.1) is 4.91 Å². The van der Waals surface area contributed by atoms with Crippen molar-refractivity contribution < 1.29 is 0 Å². The predicted molar refractivity (Wildman–Crippen MR) is 95.9 cm³/mol. The summed E-state index contributed by atoms with van der Waals surface area (Å²) < 4.78 is 0. The molecule has 0 atom stereocenters. The van der Waals surface area contributed by atoms with Crippen LogP contribution in [-0.4, -0.2) is 9.97 Å². The van der Waals surface area contributed by atoms with E-state index < -0.39 is 0 Å². The lowest BCUT2D eigenvalue weighted by atomic mass is 10.0. The Bertz CT molecular complexity index is 1010. The average Bonchev–Trinajstić information content (AvgIpc) is 2.68. The Morgan fingerprint density at radius 3 is 1.79 bits per heavy atom. The number of rotatable bonds is 3. The van der Waals surface area contributed by atoms with Crippen molar-refractivity contribution in [3.05, 3.63) is 83.8 Å². The van der Waals surface area contributed by atoms with Gasteiger partial charge in [-0.05, 0) is 17.3 Å². The zero-order valence-electron chi connectivity index (χ0n) is 12.8. The molecule has 114 valence electrons. The number of fused-ring (bicyclic) bond motifs is 1. The van der Waals surface area contributed by atoms with E-state index in [4.69, 9.17) is 9.97 Å². The first-order valence-electron chi connectivity index (χ1n) is 7.62. The predicted octanol–water partition coefficient (Wildman–Crippen LogP) is 5.36. The van der Waals surface area contributed by atoms with E-state index in [0.717, 1.165) is 22.5 Å². The van der Waals surface area contributed by atoms with Gasteiger partial charge in [-0.2, -0.15) is 0 Å². The molecule has 0 aliphatic carbocycles. The summed E-state index contributed by atoms with van der Waals surface area (Å²) in [6.45, 7) is 0. The summed E-state index contributed by atoms with van der Waals surface area (Å²) in [5.41, 5.74) is 4.94. The Kier molecular flexibility index (Phi) is 3.56. The molecule has 0 amide bonds. The van der Waals surface area contributed by atoms with E-state index in [9.17, 15) is 4.91 Å². The molecule has 0 N–H and O–H groups in total. The minimum atomic E-state index is 0.303.